The lowest BCUT2D eigenvalue weighted by atomic mass is 10.1. The average molecular weight is 270 g/mol. The quantitative estimate of drug-likeness (QED) is 0.908. The molecule has 0 amide bonds. The molecule has 102 valence electrons. The number of nitriles is 1. The summed E-state index contributed by atoms with van der Waals surface area (Å²) in [5.74, 6) is 0.470. The van der Waals surface area contributed by atoms with Crippen LogP contribution in [-0.2, 0) is 13.1 Å². The van der Waals surface area contributed by atoms with Gasteiger partial charge in [-0.3, -0.25) is 0 Å². The van der Waals surface area contributed by atoms with Crippen molar-refractivity contribution in [3.05, 3.63) is 65.0 Å². The molecule has 20 heavy (non-hydrogen) atoms. The summed E-state index contributed by atoms with van der Waals surface area (Å²) in [4.78, 5) is 0. The number of hydrogen-bond acceptors (Lipinski definition) is 3. The zero-order valence-corrected chi connectivity index (χ0v) is 11.2. The Balaban J connectivity index is 2.03. The molecule has 0 heterocycles. The summed E-state index contributed by atoms with van der Waals surface area (Å²) in [5, 5.41) is 12.2. The maximum Gasteiger partial charge on any atom is 0.123 e. The molecule has 0 unspecified atom stereocenters. The summed E-state index contributed by atoms with van der Waals surface area (Å²) < 4.78 is 18.5. The van der Waals surface area contributed by atoms with E-state index in [0.717, 1.165) is 11.3 Å². The van der Waals surface area contributed by atoms with Crippen molar-refractivity contribution in [3.63, 3.8) is 0 Å². The van der Waals surface area contributed by atoms with Crippen molar-refractivity contribution >= 4 is 0 Å². The maximum atomic E-state index is 13.2. The Bertz CT molecular complexity index is 635. The van der Waals surface area contributed by atoms with E-state index in [1.165, 1.54) is 18.2 Å². The molecular formula is C16H15FN2O. The highest BCUT2D eigenvalue weighted by Crippen LogP contribution is 2.17. The number of nitrogens with one attached hydrogen (secondary N) is 1. The molecule has 0 aliphatic heterocycles. The van der Waals surface area contributed by atoms with Gasteiger partial charge in [-0.2, -0.15) is 5.26 Å². The molecule has 1 N–H and O–H groups in total. The van der Waals surface area contributed by atoms with Crippen molar-refractivity contribution in [1.82, 2.24) is 5.32 Å². The van der Waals surface area contributed by atoms with Crippen molar-refractivity contribution < 1.29 is 9.13 Å². The molecule has 2 rings (SSSR count). The van der Waals surface area contributed by atoms with Crippen LogP contribution in [-0.4, -0.2) is 7.11 Å². The average Bonchev–Trinajstić information content (AvgIpc) is 2.48. The predicted molar refractivity (Wildman–Crippen MR) is 74.7 cm³/mol. The Hall–Kier alpha value is -2.38. The Morgan fingerprint density at radius 2 is 1.90 bits per heavy atom. The second-order valence-corrected chi connectivity index (χ2v) is 4.33. The molecule has 0 aliphatic carbocycles. The molecule has 0 aliphatic rings. The van der Waals surface area contributed by atoms with Crippen molar-refractivity contribution in [2.24, 2.45) is 0 Å². The van der Waals surface area contributed by atoms with Gasteiger partial charge in [0.1, 0.15) is 11.6 Å². The fourth-order valence-corrected chi connectivity index (χ4v) is 2.00. The third-order valence-corrected chi connectivity index (χ3v) is 3.01. The molecular weight excluding hydrogens is 255 g/mol. The highest BCUT2D eigenvalue weighted by Gasteiger charge is 2.05. The molecule has 2 aromatic rings. The monoisotopic (exact) mass is 270 g/mol. The molecule has 0 spiro atoms. The van der Waals surface area contributed by atoms with Gasteiger partial charge in [0.25, 0.3) is 0 Å². The van der Waals surface area contributed by atoms with E-state index < -0.39 is 0 Å². The summed E-state index contributed by atoms with van der Waals surface area (Å²) in [6.07, 6.45) is 0. The smallest absolute Gasteiger partial charge is 0.123 e. The molecule has 0 saturated carbocycles. The highest BCUT2D eigenvalue weighted by atomic mass is 19.1. The standard InChI is InChI=1S/C16H15FN2O/c1-20-16-5-3-2-4-13(16)10-19-11-14-8-15(17)7-6-12(14)9-18/h2-8,19H,10-11H2,1H3. The fraction of sp³-hybridized carbons (Fsp3) is 0.188. The van der Waals surface area contributed by atoms with Crippen LogP contribution in [0.1, 0.15) is 16.7 Å². The van der Waals surface area contributed by atoms with E-state index in [-0.39, 0.29) is 5.82 Å². The summed E-state index contributed by atoms with van der Waals surface area (Å²) in [7, 11) is 1.62. The van der Waals surface area contributed by atoms with Gasteiger partial charge in [-0.15, -0.1) is 0 Å². The van der Waals surface area contributed by atoms with E-state index in [2.05, 4.69) is 11.4 Å². The molecule has 0 atom stereocenters. The van der Waals surface area contributed by atoms with Gasteiger partial charge in [0.15, 0.2) is 0 Å². The van der Waals surface area contributed by atoms with Gasteiger partial charge in [-0.25, -0.2) is 4.39 Å². The van der Waals surface area contributed by atoms with E-state index in [9.17, 15) is 4.39 Å². The molecule has 2 aromatic carbocycles. The Labute approximate surface area is 117 Å². The second-order valence-electron chi connectivity index (χ2n) is 4.33. The summed E-state index contributed by atoms with van der Waals surface area (Å²) in [6, 6.07) is 13.9. The molecule has 0 aromatic heterocycles. The highest BCUT2D eigenvalue weighted by molar-refractivity contribution is 5.38. The number of para-hydroxylation sites is 1. The lowest BCUT2D eigenvalue weighted by Crippen LogP contribution is -2.14. The summed E-state index contributed by atoms with van der Waals surface area (Å²) in [6.45, 7) is 1.02. The lowest BCUT2D eigenvalue weighted by molar-refractivity contribution is 0.407. The fourth-order valence-electron chi connectivity index (χ4n) is 2.00. The first-order valence-electron chi connectivity index (χ1n) is 6.25. The van der Waals surface area contributed by atoms with Gasteiger partial charge in [-0.1, -0.05) is 18.2 Å². The van der Waals surface area contributed by atoms with Crippen LogP contribution in [0.2, 0.25) is 0 Å². The number of halogens is 1. The van der Waals surface area contributed by atoms with Gasteiger partial charge in [-0.05, 0) is 29.8 Å². The first kappa shape index (κ1) is 14.0. The minimum Gasteiger partial charge on any atom is -0.496 e. The predicted octanol–water partition coefficient (Wildman–Crippen LogP) is 3.00. The van der Waals surface area contributed by atoms with Crippen LogP contribution in [0.5, 0.6) is 5.75 Å². The van der Waals surface area contributed by atoms with Gasteiger partial charge >= 0.3 is 0 Å². The maximum absolute atomic E-state index is 13.2. The van der Waals surface area contributed by atoms with Crippen LogP contribution < -0.4 is 10.1 Å². The summed E-state index contributed by atoms with van der Waals surface area (Å²) in [5.41, 5.74) is 2.16. The van der Waals surface area contributed by atoms with Gasteiger partial charge < -0.3 is 10.1 Å². The van der Waals surface area contributed by atoms with E-state index in [1.54, 1.807) is 7.11 Å². The normalized spacial score (nSPS) is 10.1. The summed E-state index contributed by atoms with van der Waals surface area (Å²) >= 11 is 0. The molecule has 0 bridgehead atoms. The Morgan fingerprint density at radius 3 is 2.65 bits per heavy atom. The number of methoxy groups -OCH3 is 1. The van der Waals surface area contributed by atoms with E-state index in [0.29, 0.717) is 24.2 Å². The van der Waals surface area contributed by atoms with Crippen LogP contribution in [0.4, 0.5) is 4.39 Å². The first-order chi connectivity index (χ1) is 9.74. The molecule has 0 fully saturated rings. The first-order valence-corrected chi connectivity index (χ1v) is 6.25. The molecule has 0 radical (unpaired) electrons. The third-order valence-electron chi connectivity index (χ3n) is 3.01. The largest absolute Gasteiger partial charge is 0.496 e. The number of nitrogens with zero attached hydrogens (tertiary/aromatic N) is 1. The SMILES string of the molecule is COc1ccccc1CNCc1cc(F)ccc1C#N. The van der Waals surface area contributed by atoms with Gasteiger partial charge in [0, 0.05) is 18.7 Å². The lowest BCUT2D eigenvalue weighted by Gasteiger charge is -2.10. The van der Waals surface area contributed by atoms with Gasteiger partial charge in [0.2, 0.25) is 0 Å². The van der Waals surface area contributed by atoms with Crippen LogP contribution in [0.15, 0.2) is 42.5 Å². The van der Waals surface area contributed by atoms with Crippen molar-refractivity contribution in [1.29, 1.82) is 5.26 Å². The number of hydrogen-bond donors (Lipinski definition) is 1. The molecule has 0 saturated heterocycles. The molecule has 4 heteroatoms. The second kappa shape index (κ2) is 6.69. The zero-order chi connectivity index (χ0) is 14.4. The topological polar surface area (TPSA) is 45.0 Å². The molecule has 3 nitrogen and oxygen atoms in total. The number of rotatable bonds is 5. The minimum atomic E-state index is -0.335. The van der Waals surface area contributed by atoms with Crippen molar-refractivity contribution in [2.75, 3.05) is 7.11 Å². The Morgan fingerprint density at radius 1 is 1.15 bits per heavy atom. The van der Waals surface area contributed by atoms with E-state index >= 15 is 0 Å². The van der Waals surface area contributed by atoms with Crippen LogP contribution in [0.25, 0.3) is 0 Å². The van der Waals surface area contributed by atoms with Crippen LogP contribution in [0.3, 0.4) is 0 Å². The Kier molecular flexibility index (Phi) is 4.70. The third kappa shape index (κ3) is 3.34. The van der Waals surface area contributed by atoms with Gasteiger partial charge in [0.05, 0.1) is 18.7 Å². The number of benzene rings is 2. The van der Waals surface area contributed by atoms with Crippen LogP contribution in [0, 0.1) is 17.1 Å². The van der Waals surface area contributed by atoms with Crippen LogP contribution >= 0.6 is 0 Å². The van der Waals surface area contributed by atoms with Crippen molar-refractivity contribution in [2.45, 2.75) is 13.1 Å². The van der Waals surface area contributed by atoms with E-state index in [1.807, 2.05) is 24.3 Å². The number of ether oxygens (including phenoxy) is 1. The zero-order valence-electron chi connectivity index (χ0n) is 11.2. The minimum absolute atomic E-state index is 0.335. The van der Waals surface area contributed by atoms with E-state index in [4.69, 9.17) is 10.00 Å². The van der Waals surface area contributed by atoms with Crippen molar-refractivity contribution in [3.8, 4) is 11.8 Å².